The molecule has 0 fully saturated rings. The van der Waals surface area contributed by atoms with Crippen LogP contribution in [-0.4, -0.2) is 41.7 Å². The Kier molecular flexibility index (Phi) is 7.13. The number of primary amides is 1. The smallest absolute Gasteiger partial charge is 0.286 e. The number of hydrogen-bond donors (Lipinski definition) is 3. The Labute approximate surface area is 211 Å². The molecule has 36 heavy (non-hydrogen) atoms. The first-order valence-corrected chi connectivity index (χ1v) is 13.5. The number of fused-ring (bicyclic) bond motifs is 1. The zero-order chi connectivity index (χ0) is 26.0. The van der Waals surface area contributed by atoms with Gasteiger partial charge in [-0.15, -0.1) is 15.7 Å². The minimum absolute atomic E-state index is 0.107. The molecule has 13 heteroatoms. The van der Waals surface area contributed by atoms with Crippen molar-refractivity contribution in [3.05, 3.63) is 51.6 Å². The number of carbonyl (C=O) groups is 1. The van der Waals surface area contributed by atoms with E-state index in [1.54, 1.807) is 17.5 Å². The van der Waals surface area contributed by atoms with Gasteiger partial charge in [0, 0.05) is 12.6 Å². The largest absolute Gasteiger partial charge is 0.505 e. The highest BCUT2D eigenvalue weighted by Crippen LogP contribution is 2.35. The number of hydrogen-bond acceptors (Lipinski definition) is 9. The Morgan fingerprint density at radius 3 is 2.78 bits per heavy atom. The van der Waals surface area contributed by atoms with Crippen LogP contribution in [0.2, 0.25) is 0 Å². The van der Waals surface area contributed by atoms with E-state index in [2.05, 4.69) is 21.7 Å². The lowest BCUT2D eigenvalue weighted by Crippen LogP contribution is -2.34. The van der Waals surface area contributed by atoms with Gasteiger partial charge in [-0.3, -0.25) is 9.59 Å². The molecule has 2 aromatic heterocycles. The summed E-state index contributed by atoms with van der Waals surface area (Å²) in [6, 6.07) is 7.59. The van der Waals surface area contributed by atoms with Crippen LogP contribution in [0.15, 0.2) is 49.8 Å². The lowest BCUT2D eigenvalue weighted by Gasteiger charge is -2.20. The van der Waals surface area contributed by atoms with Crippen molar-refractivity contribution < 1.29 is 23.1 Å². The molecule has 1 atom stereocenters. The molecule has 1 unspecified atom stereocenters. The molecular weight excluding hydrogens is 506 g/mol. The van der Waals surface area contributed by atoms with E-state index in [-0.39, 0.29) is 40.0 Å². The third-order valence-electron chi connectivity index (χ3n) is 5.73. The summed E-state index contributed by atoms with van der Waals surface area (Å²) < 4.78 is 36.3. The number of sulfonamides is 1. The number of aryl methyl sites for hydroxylation is 1. The average molecular weight is 532 g/mol. The van der Waals surface area contributed by atoms with E-state index in [1.165, 1.54) is 34.2 Å². The minimum atomic E-state index is -4.29. The number of nitrogens with two attached hydrogens (primary N) is 1. The van der Waals surface area contributed by atoms with Gasteiger partial charge < -0.3 is 20.9 Å². The summed E-state index contributed by atoms with van der Waals surface area (Å²) in [5.41, 5.74) is 4.41. The number of thiophene rings is 1. The van der Waals surface area contributed by atoms with Crippen LogP contribution >= 0.6 is 11.3 Å². The lowest BCUT2D eigenvalue weighted by atomic mass is 10.1. The fourth-order valence-electron chi connectivity index (χ4n) is 3.54. The summed E-state index contributed by atoms with van der Waals surface area (Å²) >= 11 is 1.32. The molecule has 190 valence electrons. The van der Waals surface area contributed by atoms with Crippen LogP contribution in [0, 0.1) is 5.92 Å². The lowest BCUT2D eigenvalue weighted by molar-refractivity contribution is -0.119. The topological polar surface area (TPSA) is 166 Å². The third kappa shape index (κ3) is 5.11. The number of benzene rings is 1. The highest BCUT2D eigenvalue weighted by Gasteiger charge is 2.31. The molecule has 0 bridgehead atoms. The predicted octanol–water partition coefficient (Wildman–Crippen LogP) is 2.54. The molecule has 1 aliphatic rings. The van der Waals surface area contributed by atoms with Gasteiger partial charge in [0.05, 0.1) is 10.6 Å². The van der Waals surface area contributed by atoms with E-state index in [9.17, 15) is 23.1 Å². The summed E-state index contributed by atoms with van der Waals surface area (Å²) in [7, 11) is -4.29. The number of aromatic nitrogens is 2. The zero-order valence-electron chi connectivity index (χ0n) is 19.6. The van der Waals surface area contributed by atoms with Crippen LogP contribution in [0.5, 0.6) is 11.5 Å². The molecule has 1 aliphatic heterocycles. The van der Waals surface area contributed by atoms with Crippen LogP contribution in [0.25, 0.3) is 10.6 Å². The molecule has 0 saturated carbocycles. The first-order chi connectivity index (χ1) is 17.1. The molecule has 4 N–H and O–H groups in total. The fraction of sp³-hybridized carbons (Fsp3) is 0.304. The standard InChI is InChI=1S/C23H25N5O6S2/c1-3-13(2)8-9-28-23(31)19(21(30)20(26-28)16-5-4-10-35-16)22-25-15-7-6-14(34-12-18(24)29)11-17(15)36(32,33)27-22/h4-7,10-11,13,30H,3,8-9,12H2,1-2H3,(H2,24,29)(H,25,27). The molecule has 0 aliphatic carbocycles. The Bertz CT molecular complexity index is 1500. The van der Waals surface area contributed by atoms with Crippen molar-refractivity contribution in [3.8, 4) is 22.1 Å². The van der Waals surface area contributed by atoms with Crippen LogP contribution in [0.4, 0.5) is 5.69 Å². The normalized spacial score (nSPS) is 14.9. The number of aromatic hydroxyl groups is 1. The van der Waals surface area contributed by atoms with Gasteiger partial charge in [0.1, 0.15) is 21.9 Å². The molecule has 0 radical (unpaired) electrons. The quantitative estimate of drug-likeness (QED) is 0.379. The Balaban J connectivity index is 1.81. The summed E-state index contributed by atoms with van der Waals surface area (Å²) in [5.74, 6) is -1.05. The van der Waals surface area contributed by atoms with E-state index in [1.807, 2.05) is 6.92 Å². The first kappa shape index (κ1) is 25.4. The molecule has 4 rings (SSSR count). The Hall–Kier alpha value is -3.71. The fourth-order valence-corrected chi connectivity index (χ4v) is 5.39. The molecule has 0 saturated heterocycles. The van der Waals surface area contributed by atoms with Gasteiger partial charge in [-0.25, -0.2) is 4.68 Å². The molecule has 1 amide bonds. The van der Waals surface area contributed by atoms with E-state index < -0.39 is 33.8 Å². The number of rotatable bonds is 9. The number of carbonyl (C=O) groups excluding carboxylic acids is 1. The Morgan fingerprint density at radius 2 is 2.11 bits per heavy atom. The van der Waals surface area contributed by atoms with Crippen molar-refractivity contribution in [2.45, 2.75) is 38.1 Å². The van der Waals surface area contributed by atoms with Gasteiger partial charge in [-0.05, 0) is 35.9 Å². The number of amidine groups is 1. The van der Waals surface area contributed by atoms with E-state index in [4.69, 9.17) is 10.5 Å². The van der Waals surface area contributed by atoms with Crippen molar-refractivity contribution in [1.29, 1.82) is 0 Å². The highest BCUT2D eigenvalue weighted by molar-refractivity contribution is 7.90. The predicted molar refractivity (Wildman–Crippen MR) is 136 cm³/mol. The molecule has 1 aromatic carbocycles. The Morgan fingerprint density at radius 1 is 1.33 bits per heavy atom. The first-order valence-electron chi connectivity index (χ1n) is 11.2. The number of amides is 1. The van der Waals surface area contributed by atoms with Gasteiger partial charge >= 0.3 is 0 Å². The summed E-state index contributed by atoms with van der Waals surface area (Å²) in [6.07, 6.45) is 1.60. The third-order valence-corrected chi connectivity index (χ3v) is 7.92. The van der Waals surface area contributed by atoms with Gasteiger partial charge in [0.25, 0.3) is 21.5 Å². The van der Waals surface area contributed by atoms with Crippen LogP contribution in [0.3, 0.4) is 0 Å². The van der Waals surface area contributed by atoms with E-state index >= 15 is 0 Å². The van der Waals surface area contributed by atoms with Crippen molar-refractivity contribution in [2.75, 3.05) is 11.9 Å². The monoisotopic (exact) mass is 531 g/mol. The second-order valence-electron chi connectivity index (χ2n) is 8.33. The number of nitrogens with zero attached hydrogens (tertiary/aromatic N) is 3. The van der Waals surface area contributed by atoms with Crippen LogP contribution < -0.4 is 21.3 Å². The van der Waals surface area contributed by atoms with Crippen LogP contribution in [-0.2, 0) is 21.4 Å². The van der Waals surface area contributed by atoms with E-state index in [0.29, 0.717) is 17.2 Å². The number of nitrogens with one attached hydrogen (secondary N) is 1. The average Bonchev–Trinajstić information content (AvgIpc) is 3.36. The molecular formula is C23H25N5O6S2. The zero-order valence-corrected chi connectivity index (χ0v) is 21.2. The summed E-state index contributed by atoms with van der Waals surface area (Å²) in [5, 5.41) is 20.1. The maximum absolute atomic E-state index is 13.4. The second-order valence-corrected chi connectivity index (χ2v) is 10.9. The van der Waals surface area contributed by atoms with Crippen molar-refractivity contribution in [3.63, 3.8) is 0 Å². The van der Waals surface area contributed by atoms with Gasteiger partial charge in [0.2, 0.25) is 0 Å². The molecule has 3 aromatic rings. The van der Waals surface area contributed by atoms with Crippen molar-refractivity contribution in [1.82, 2.24) is 9.78 Å². The maximum Gasteiger partial charge on any atom is 0.286 e. The number of ether oxygens (including phenoxy) is 1. The van der Waals surface area contributed by atoms with Gasteiger partial charge in [-0.1, -0.05) is 26.3 Å². The minimum Gasteiger partial charge on any atom is -0.505 e. The molecule has 3 heterocycles. The maximum atomic E-state index is 13.4. The van der Waals surface area contributed by atoms with Crippen LogP contribution in [0.1, 0.15) is 32.3 Å². The summed E-state index contributed by atoms with van der Waals surface area (Å²) in [6.45, 7) is 3.97. The van der Waals surface area contributed by atoms with Crippen molar-refractivity contribution in [2.24, 2.45) is 16.0 Å². The van der Waals surface area contributed by atoms with Gasteiger partial charge in [0.15, 0.2) is 18.2 Å². The second kappa shape index (κ2) is 10.1. The summed E-state index contributed by atoms with van der Waals surface area (Å²) in [4.78, 5) is 24.8. The van der Waals surface area contributed by atoms with Crippen molar-refractivity contribution >= 4 is 38.8 Å². The molecule has 11 nitrogen and oxygen atoms in total. The molecule has 0 spiro atoms. The van der Waals surface area contributed by atoms with E-state index in [0.717, 1.165) is 6.42 Å². The number of anilines is 1. The highest BCUT2D eigenvalue weighted by atomic mass is 32.2. The van der Waals surface area contributed by atoms with Gasteiger partial charge in [-0.2, -0.15) is 13.5 Å². The SMILES string of the molecule is CCC(C)CCn1nc(-c2cccs2)c(O)c(C2=NS(=O)(=O)c3cc(OCC(N)=O)ccc3N2)c1=O.